The van der Waals surface area contributed by atoms with Crippen LogP contribution in [0.5, 0.6) is 0 Å². The van der Waals surface area contributed by atoms with Crippen molar-refractivity contribution in [3.63, 3.8) is 0 Å². The second kappa shape index (κ2) is 4.76. The first-order valence-corrected chi connectivity index (χ1v) is 7.81. The number of halogens is 1. The highest BCUT2D eigenvalue weighted by Gasteiger charge is 2.23. The average Bonchev–Trinajstić information content (AvgIpc) is 2.84. The van der Waals surface area contributed by atoms with Crippen molar-refractivity contribution >= 4 is 27.3 Å². The van der Waals surface area contributed by atoms with E-state index >= 15 is 0 Å². The maximum Gasteiger partial charge on any atom is 0.0951 e. The molecule has 0 fully saturated rings. The summed E-state index contributed by atoms with van der Waals surface area (Å²) in [5, 5.41) is 1.18. The summed E-state index contributed by atoms with van der Waals surface area (Å²) in [5.74, 6) is 0. The van der Waals surface area contributed by atoms with Gasteiger partial charge in [-0.25, -0.2) is 4.98 Å². The molecule has 4 heteroatoms. The van der Waals surface area contributed by atoms with Crippen LogP contribution in [-0.2, 0) is 12.8 Å². The van der Waals surface area contributed by atoms with Crippen molar-refractivity contribution in [2.75, 3.05) is 0 Å². The highest BCUT2D eigenvalue weighted by atomic mass is 79.9. The fourth-order valence-corrected chi connectivity index (χ4v) is 3.91. The predicted octanol–water partition coefficient (Wildman–Crippen LogP) is 3.76. The third-order valence-corrected chi connectivity index (χ3v) is 4.95. The van der Waals surface area contributed by atoms with Crippen LogP contribution >= 0.6 is 27.3 Å². The zero-order chi connectivity index (χ0) is 12.7. The molecule has 94 valence electrons. The molecule has 2 nitrogen and oxygen atoms in total. The lowest BCUT2D eigenvalue weighted by atomic mass is 10.1. The third-order valence-electron chi connectivity index (χ3n) is 3.38. The SMILES string of the molecule is CCC(N)Cc1nc2c(s1)Cc1cc(Br)ccc1-2. The Labute approximate surface area is 119 Å². The van der Waals surface area contributed by atoms with E-state index in [9.17, 15) is 0 Å². The Balaban J connectivity index is 1.93. The van der Waals surface area contributed by atoms with Crippen LogP contribution in [0.2, 0.25) is 0 Å². The standard InChI is InChI=1S/C14H15BrN2S/c1-2-10(16)7-13-17-14-11-4-3-9(15)5-8(11)6-12(14)18-13/h3-5,10H,2,6-7,16H2,1H3. The highest BCUT2D eigenvalue weighted by molar-refractivity contribution is 9.10. The average molecular weight is 323 g/mol. The Morgan fingerprint density at radius 1 is 1.50 bits per heavy atom. The monoisotopic (exact) mass is 322 g/mol. The molecular formula is C14H15BrN2S. The minimum absolute atomic E-state index is 0.237. The van der Waals surface area contributed by atoms with Gasteiger partial charge in [-0.2, -0.15) is 0 Å². The number of rotatable bonds is 3. The van der Waals surface area contributed by atoms with Crippen LogP contribution in [0.25, 0.3) is 11.3 Å². The van der Waals surface area contributed by atoms with Gasteiger partial charge >= 0.3 is 0 Å². The maximum absolute atomic E-state index is 6.00. The largest absolute Gasteiger partial charge is 0.327 e. The molecule has 0 amide bonds. The summed E-state index contributed by atoms with van der Waals surface area (Å²) in [4.78, 5) is 6.16. The minimum Gasteiger partial charge on any atom is -0.327 e. The van der Waals surface area contributed by atoms with Gasteiger partial charge in [0.2, 0.25) is 0 Å². The van der Waals surface area contributed by atoms with Crippen LogP contribution in [0.1, 0.15) is 28.8 Å². The number of aromatic nitrogens is 1. The number of hydrogen-bond donors (Lipinski definition) is 1. The van der Waals surface area contributed by atoms with Gasteiger partial charge in [-0.05, 0) is 24.1 Å². The second-order valence-electron chi connectivity index (χ2n) is 4.73. The molecule has 3 rings (SSSR count). The number of fused-ring (bicyclic) bond motifs is 3. The van der Waals surface area contributed by atoms with Crippen LogP contribution in [0.3, 0.4) is 0 Å². The Bertz CT molecular complexity index is 591. The summed E-state index contributed by atoms with van der Waals surface area (Å²) in [6.45, 7) is 2.12. The van der Waals surface area contributed by atoms with Gasteiger partial charge in [0.15, 0.2) is 0 Å². The lowest BCUT2D eigenvalue weighted by Crippen LogP contribution is -2.21. The van der Waals surface area contributed by atoms with E-state index < -0.39 is 0 Å². The first kappa shape index (κ1) is 12.3. The molecule has 1 aliphatic rings. The topological polar surface area (TPSA) is 38.9 Å². The number of nitrogens with two attached hydrogens (primary N) is 1. The van der Waals surface area contributed by atoms with Gasteiger partial charge in [-0.15, -0.1) is 11.3 Å². The van der Waals surface area contributed by atoms with Crippen LogP contribution in [-0.4, -0.2) is 11.0 Å². The van der Waals surface area contributed by atoms with E-state index in [2.05, 4.69) is 41.1 Å². The molecule has 1 unspecified atom stereocenters. The molecule has 1 aromatic heterocycles. The van der Waals surface area contributed by atoms with Crippen molar-refractivity contribution in [3.05, 3.63) is 38.1 Å². The summed E-state index contributed by atoms with van der Waals surface area (Å²) < 4.78 is 1.14. The van der Waals surface area contributed by atoms with Gasteiger partial charge in [-0.3, -0.25) is 0 Å². The van der Waals surface area contributed by atoms with Crippen molar-refractivity contribution in [2.24, 2.45) is 5.73 Å². The Morgan fingerprint density at radius 3 is 3.11 bits per heavy atom. The van der Waals surface area contributed by atoms with Crippen LogP contribution in [0.4, 0.5) is 0 Å². The molecule has 2 aromatic rings. The molecule has 1 aliphatic carbocycles. The lowest BCUT2D eigenvalue weighted by Gasteiger charge is -2.05. The van der Waals surface area contributed by atoms with E-state index in [0.717, 1.165) is 23.7 Å². The lowest BCUT2D eigenvalue weighted by molar-refractivity contribution is 0.644. The molecule has 18 heavy (non-hydrogen) atoms. The Hall–Kier alpha value is -0.710. The van der Waals surface area contributed by atoms with E-state index in [1.54, 1.807) is 0 Å². The zero-order valence-corrected chi connectivity index (χ0v) is 12.6. The van der Waals surface area contributed by atoms with E-state index in [1.807, 2.05) is 11.3 Å². The van der Waals surface area contributed by atoms with Crippen molar-refractivity contribution in [2.45, 2.75) is 32.2 Å². The van der Waals surface area contributed by atoms with Gasteiger partial charge in [-0.1, -0.05) is 28.9 Å². The first-order chi connectivity index (χ1) is 8.67. The molecule has 2 N–H and O–H groups in total. The molecular weight excluding hydrogens is 308 g/mol. The van der Waals surface area contributed by atoms with Crippen molar-refractivity contribution < 1.29 is 0 Å². The predicted molar refractivity (Wildman–Crippen MR) is 80.0 cm³/mol. The van der Waals surface area contributed by atoms with E-state index in [1.165, 1.54) is 26.7 Å². The molecule has 1 atom stereocenters. The van der Waals surface area contributed by atoms with Crippen LogP contribution < -0.4 is 5.73 Å². The normalized spacial score (nSPS) is 14.4. The summed E-state index contributed by atoms with van der Waals surface area (Å²) >= 11 is 5.34. The van der Waals surface area contributed by atoms with Gasteiger partial charge in [0, 0.05) is 33.8 Å². The first-order valence-electron chi connectivity index (χ1n) is 6.20. The fourth-order valence-electron chi connectivity index (χ4n) is 2.30. The summed E-state index contributed by atoms with van der Waals surface area (Å²) in [6, 6.07) is 6.68. The van der Waals surface area contributed by atoms with E-state index in [-0.39, 0.29) is 6.04 Å². The molecule has 0 saturated carbocycles. The van der Waals surface area contributed by atoms with E-state index in [0.29, 0.717) is 0 Å². The van der Waals surface area contributed by atoms with Crippen molar-refractivity contribution in [1.29, 1.82) is 0 Å². The second-order valence-corrected chi connectivity index (χ2v) is 6.81. The maximum atomic E-state index is 6.00. The smallest absolute Gasteiger partial charge is 0.0951 e. The number of thiazole rings is 1. The molecule has 0 radical (unpaired) electrons. The van der Waals surface area contributed by atoms with Gasteiger partial charge < -0.3 is 5.73 Å². The Morgan fingerprint density at radius 2 is 2.33 bits per heavy atom. The van der Waals surface area contributed by atoms with Crippen LogP contribution in [0, 0.1) is 0 Å². The van der Waals surface area contributed by atoms with Gasteiger partial charge in [0.1, 0.15) is 0 Å². The number of nitrogens with zero attached hydrogens (tertiary/aromatic N) is 1. The zero-order valence-electron chi connectivity index (χ0n) is 10.2. The molecule has 1 aromatic carbocycles. The highest BCUT2D eigenvalue weighted by Crippen LogP contribution is 2.40. The summed E-state index contributed by atoms with van der Waals surface area (Å²) in [7, 11) is 0. The Kier molecular flexibility index (Phi) is 3.26. The third kappa shape index (κ3) is 2.13. The molecule has 0 saturated heterocycles. The minimum atomic E-state index is 0.237. The molecule has 0 bridgehead atoms. The number of hydrogen-bond acceptors (Lipinski definition) is 3. The van der Waals surface area contributed by atoms with Gasteiger partial charge in [0.05, 0.1) is 10.7 Å². The molecule has 1 heterocycles. The fraction of sp³-hybridized carbons (Fsp3) is 0.357. The van der Waals surface area contributed by atoms with Gasteiger partial charge in [0.25, 0.3) is 0 Å². The van der Waals surface area contributed by atoms with Crippen molar-refractivity contribution in [1.82, 2.24) is 4.98 Å². The van der Waals surface area contributed by atoms with Crippen molar-refractivity contribution in [3.8, 4) is 11.3 Å². The molecule has 0 aliphatic heterocycles. The molecule has 0 spiro atoms. The van der Waals surface area contributed by atoms with E-state index in [4.69, 9.17) is 10.7 Å². The quantitative estimate of drug-likeness (QED) is 0.797. The van der Waals surface area contributed by atoms with Crippen LogP contribution in [0.15, 0.2) is 22.7 Å². The summed E-state index contributed by atoms with van der Waals surface area (Å²) in [6.07, 6.45) is 2.93. The number of benzene rings is 1. The summed E-state index contributed by atoms with van der Waals surface area (Å²) in [5.41, 5.74) is 9.85.